The molecule has 0 radical (unpaired) electrons. The van der Waals surface area contributed by atoms with Gasteiger partial charge in [-0.1, -0.05) is 12.1 Å². The van der Waals surface area contributed by atoms with E-state index in [9.17, 15) is 12.8 Å². The number of primary sulfonamides is 1. The Morgan fingerprint density at radius 1 is 1.15 bits per heavy atom. The van der Waals surface area contributed by atoms with Crippen molar-refractivity contribution in [3.63, 3.8) is 0 Å². The zero-order valence-corrected chi connectivity index (χ0v) is 12.6. The second-order valence-electron chi connectivity index (χ2n) is 4.05. The molecule has 0 saturated carbocycles. The summed E-state index contributed by atoms with van der Waals surface area (Å²) in [6, 6.07) is 10.2. The molecule has 0 aliphatic heterocycles. The highest BCUT2D eigenvalue weighted by Crippen LogP contribution is 2.28. The Labute approximate surface area is 124 Å². The topological polar surface area (TPSA) is 69.4 Å². The maximum Gasteiger partial charge on any atom is 0.238 e. The molecule has 0 aliphatic rings. The maximum atomic E-state index is 12.8. The molecule has 2 aromatic carbocycles. The molecule has 0 fully saturated rings. The van der Waals surface area contributed by atoms with Crippen LogP contribution in [0.2, 0.25) is 0 Å². The van der Waals surface area contributed by atoms with Crippen molar-refractivity contribution in [1.29, 1.82) is 0 Å². The van der Waals surface area contributed by atoms with E-state index in [0.717, 1.165) is 5.56 Å². The Hall–Kier alpha value is -1.44. The molecule has 0 saturated heterocycles. The van der Waals surface area contributed by atoms with E-state index in [1.54, 1.807) is 12.1 Å². The Bertz CT molecular complexity index is 717. The van der Waals surface area contributed by atoms with Crippen LogP contribution in [0.25, 0.3) is 0 Å². The van der Waals surface area contributed by atoms with Gasteiger partial charge in [0.15, 0.2) is 0 Å². The Kier molecular flexibility index (Phi) is 4.42. The van der Waals surface area contributed by atoms with Gasteiger partial charge in [0.25, 0.3) is 0 Å². The molecular weight excluding hydrogens is 349 g/mol. The van der Waals surface area contributed by atoms with Gasteiger partial charge >= 0.3 is 0 Å². The average Bonchev–Trinajstić information content (AvgIpc) is 2.38. The Morgan fingerprint density at radius 3 is 2.35 bits per heavy atom. The van der Waals surface area contributed by atoms with Gasteiger partial charge in [0.2, 0.25) is 10.0 Å². The van der Waals surface area contributed by atoms with Crippen molar-refractivity contribution in [3.8, 4) is 5.75 Å². The standard InChI is InChI=1S/C13H11BrFNO3S/c14-12-7-11(20(16,17)18)5-6-13(12)19-8-9-1-3-10(15)4-2-9/h1-7H,8H2,(H2,16,17,18). The molecule has 0 bridgehead atoms. The minimum atomic E-state index is -3.74. The lowest BCUT2D eigenvalue weighted by molar-refractivity contribution is 0.304. The summed E-state index contributed by atoms with van der Waals surface area (Å²) in [5, 5.41) is 5.03. The van der Waals surface area contributed by atoms with Crippen molar-refractivity contribution in [3.05, 3.63) is 58.3 Å². The highest BCUT2D eigenvalue weighted by atomic mass is 79.9. The van der Waals surface area contributed by atoms with Crippen molar-refractivity contribution < 1.29 is 17.5 Å². The van der Waals surface area contributed by atoms with E-state index in [4.69, 9.17) is 9.88 Å². The minimum Gasteiger partial charge on any atom is -0.488 e. The smallest absolute Gasteiger partial charge is 0.238 e. The largest absolute Gasteiger partial charge is 0.488 e. The molecule has 106 valence electrons. The zero-order valence-electron chi connectivity index (χ0n) is 10.2. The van der Waals surface area contributed by atoms with Crippen LogP contribution in [0, 0.1) is 5.82 Å². The predicted molar refractivity (Wildman–Crippen MR) is 76.2 cm³/mol. The van der Waals surface area contributed by atoms with Crippen LogP contribution in [0.5, 0.6) is 5.75 Å². The molecule has 0 aromatic heterocycles. The summed E-state index contributed by atoms with van der Waals surface area (Å²) >= 11 is 3.22. The van der Waals surface area contributed by atoms with Crippen LogP contribution in [-0.2, 0) is 16.6 Å². The van der Waals surface area contributed by atoms with Crippen molar-refractivity contribution >= 4 is 26.0 Å². The van der Waals surface area contributed by atoms with Gasteiger partial charge < -0.3 is 4.74 Å². The van der Waals surface area contributed by atoms with Crippen LogP contribution in [0.4, 0.5) is 4.39 Å². The molecule has 0 unspecified atom stereocenters. The van der Waals surface area contributed by atoms with Crippen LogP contribution in [0.3, 0.4) is 0 Å². The number of halogens is 2. The van der Waals surface area contributed by atoms with Gasteiger partial charge in [0.1, 0.15) is 18.2 Å². The molecule has 7 heteroatoms. The fourth-order valence-corrected chi connectivity index (χ4v) is 2.70. The van der Waals surface area contributed by atoms with Crippen LogP contribution < -0.4 is 9.88 Å². The molecule has 0 spiro atoms. The third kappa shape index (κ3) is 3.78. The first-order valence-electron chi connectivity index (χ1n) is 5.56. The van der Waals surface area contributed by atoms with Crippen LogP contribution in [0.15, 0.2) is 51.8 Å². The molecule has 20 heavy (non-hydrogen) atoms. The molecule has 2 N–H and O–H groups in total. The number of hydrogen-bond donors (Lipinski definition) is 1. The van der Waals surface area contributed by atoms with Gasteiger partial charge in [-0.15, -0.1) is 0 Å². The molecule has 0 heterocycles. The van der Waals surface area contributed by atoms with Crippen molar-refractivity contribution in [2.45, 2.75) is 11.5 Å². The third-order valence-electron chi connectivity index (χ3n) is 2.54. The van der Waals surface area contributed by atoms with E-state index in [0.29, 0.717) is 10.2 Å². The molecule has 4 nitrogen and oxygen atoms in total. The molecule has 0 aliphatic carbocycles. The lowest BCUT2D eigenvalue weighted by Gasteiger charge is -2.09. The predicted octanol–water partition coefficient (Wildman–Crippen LogP) is 2.81. The number of rotatable bonds is 4. The molecular formula is C13H11BrFNO3S. The van der Waals surface area contributed by atoms with Gasteiger partial charge in [-0.05, 0) is 51.8 Å². The van der Waals surface area contributed by atoms with Crippen molar-refractivity contribution in [2.75, 3.05) is 0 Å². The zero-order chi connectivity index (χ0) is 14.8. The maximum absolute atomic E-state index is 12.8. The quantitative estimate of drug-likeness (QED) is 0.912. The molecule has 2 rings (SSSR count). The summed E-state index contributed by atoms with van der Waals surface area (Å²) in [6.07, 6.45) is 0. The third-order valence-corrected chi connectivity index (χ3v) is 4.07. The van der Waals surface area contributed by atoms with Crippen molar-refractivity contribution in [2.24, 2.45) is 5.14 Å². The van der Waals surface area contributed by atoms with E-state index in [2.05, 4.69) is 15.9 Å². The average molecular weight is 360 g/mol. The Balaban J connectivity index is 2.12. The summed E-state index contributed by atoms with van der Waals surface area (Å²) < 4.78 is 41.1. The van der Waals surface area contributed by atoms with Gasteiger partial charge in [-0.25, -0.2) is 17.9 Å². The monoisotopic (exact) mass is 359 g/mol. The molecule has 2 aromatic rings. The number of nitrogens with two attached hydrogens (primary N) is 1. The first-order chi connectivity index (χ1) is 9.36. The minimum absolute atomic E-state index is 0.00138. The fourth-order valence-electron chi connectivity index (χ4n) is 1.52. The number of ether oxygens (including phenoxy) is 1. The Morgan fingerprint density at radius 2 is 1.80 bits per heavy atom. The van der Waals surface area contributed by atoms with Gasteiger partial charge in [0, 0.05) is 0 Å². The van der Waals surface area contributed by atoms with E-state index in [1.807, 2.05) is 0 Å². The summed E-state index contributed by atoms with van der Waals surface area (Å²) in [4.78, 5) is -0.00138. The lowest BCUT2D eigenvalue weighted by atomic mass is 10.2. The normalized spacial score (nSPS) is 11.3. The SMILES string of the molecule is NS(=O)(=O)c1ccc(OCc2ccc(F)cc2)c(Br)c1. The van der Waals surface area contributed by atoms with Crippen LogP contribution >= 0.6 is 15.9 Å². The lowest BCUT2D eigenvalue weighted by Crippen LogP contribution is -2.12. The number of benzene rings is 2. The van der Waals surface area contributed by atoms with Crippen LogP contribution in [-0.4, -0.2) is 8.42 Å². The molecule has 0 atom stereocenters. The van der Waals surface area contributed by atoms with Crippen LogP contribution in [0.1, 0.15) is 5.56 Å². The van der Waals surface area contributed by atoms with Gasteiger partial charge in [0.05, 0.1) is 9.37 Å². The van der Waals surface area contributed by atoms with Gasteiger partial charge in [-0.3, -0.25) is 0 Å². The fraction of sp³-hybridized carbons (Fsp3) is 0.0769. The van der Waals surface area contributed by atoms with E-state index in [-0.39, 0.29) is 17.3 Å². The summed E-state index contributed by atoms with van der Waals surface area (Å²) in [7, 11) is -3.74. The van der Waals surface area contributed by atoms with Gasteiger partial charge in [-0.2, -0.15) is 0 Å². The van der Waals surface area contributed by atoms with E-state index < -0.39 is 10.0 Å². The first-order valence-corrected chi connectivity index (χ1v) is 7.90. The second-order valence-corrected chi connectivity index (χ2v) is 6.47. The highest BCUT2D eigenvalue weighted by Gasteiger charge is 2.11. The number of sulfonamides is 1. The molecule has 0 amide bonds. The second kappa shape index (κ2) is 5.90. The highest BCUT2D eigenvalue weighted by molar-refractivity contribution is 9.10. The summed E-state index contributed by atoms with van der Waals surface area (Å²) in [5.41, 5.74) is 0.800. The number of hydrogen-bond acceptors (Lipinski definition) is 3. The van der Waals surface area contributed by atoms with E-state index in [1.165, 1.54) is 30.3 Å². The first kappa shape index (κ1) is 15.0. The van der Waals surface area contributed by atoms with E-state index >= 15 is 0 Å². The van der Waals surface area contributed by atoms with Crippen molar-refractivity contribution in [1.82, 2.24) is 0 Å². The summed E-state index contributed by atoms with van der Waals surface area (Å²) in [5.74, 6) is 0.161. The summed E-state index contributed by atoms with van der Waals surface area (Å²) in [6.45, 7) is 0.244.